The molecule has 1 aliphatic heterocycles. The second kappa shape index (κ2) is 3.51. The molecule has 1 unspecified atom stereocenters. The maximum Gasteiger partial charge on any atom is 0.127 e. The van der Waals surface area contributed by atoms with E-state index in [-0.39, 0.29) is 12.0 Å². The molecule has 80 valence electrons. The Balaban J connectivity index is 2.17. The Hall–Kier alpha value is -0.610. The van der Waals surface area contributed by atoms with Crippen molar-refractivity contribution in [2.24, 2.45) is 5.41 Å². The quantitative estimate of drug-likeness (QED) is 0.550. The SMILES string of the molecule is N=C1N(O)CC(O)CC12CCCCC2. The van der Waals surface area contributed by atoms with Crippen molar-refractivity contribution >= 4 is 5.84 Å². The lowest BCUT2D eigenvalue weighted by Gasteiger charge is -2.45. The lowest BCUT2D eigenvalue weighted by atomic mass is 9.68. The number of amidine groups is 1. The molecular formula is C10H18N2O2. The summed E-state index contributed by atoms with van der Waals surface area (Å²) in [6.45, 7) is 0.195. The molecule has 1 atom stereocenters. The van der Waals surface area contributed by atoms with Gasteiger partial charge in [0.25, 0.3) is 0 Å². The van der Waals surface area contributed by atoms with E-state index in [1.807, 2.05) is 0 Å². The van der Waals surface area contributed by atoms with Gasteiger partial charge in [0, 0.05) is 5.41 Å². The number of hydrogen-bond donors (Lipinski definition) is 3. The van der Waals surface area contributed by atoms with Gasteiger partial charge in [-0.15, -0.1) is 0 Å². The minimum atomic E-state index is -0.479. The van der Waals surface area contributed by atoms with Crippen LogP contribution in [0.3, 0.4) is 0 Å². The molecule has 1 saturated heterocycles. The molecule has 0 aromatic heterocycles. The fraction of sp³-hybridized carbons (Fsp3) is 0.900. The van der Waals surface area contributed by atoms with E-state index in [0.717, 1.165) is 30.7 Å². The van der Waals surface area contributed by atoms with Gasteiger partial charge in [-0.3, -0.25) is 10.6 Å². The highest BCUT2D eigenvalue weighted by molar-refractivity contribution is 5.85. The predicted molar refractivity (Wildman–Crippen MR) is 52.4 cm³/mol. The van der Waals surface area contributed by atoms with Gasteiger partial charge >= 0.3 is 0 Å². The Morgan fingerprint density at radius 2 is 1.93 bits per heavy atom. The van der Waals surface area contributed by atoms with Crippen LogP contribution in [0.1, 0.15) is 38.5 Å². The minimum absolute atomic E-state index is 0.195. The summed E-state index contributed by atoms with van der Waals surface area (Å²) in [5, 5.41) is 28.0. The third-order valence-corrected chi connectivity index (χ3v) is 3.58. The number of aliphatic hydroxyl groups is 1. The van der Waals surface area contributed by atoms with Gasteiger partial charge in [0.05, 0.1) is 12.6 Å². The van der Waals surface area contributed by atoms with Gasteiger partial charge in [0.1, 0.15) is 5.84 Å². The minimum Gasteiger partial charge on any atom is -0.391 e. The second-order valence-corrected chi connectivity index (χ2v) is 4.63. The summed E-state index contributed by atoms with van der Waals surface area (Å²) in [4.78, 5) is 0. The maximum absolute atomic E-state index is 9.62. The zero-order valence-electron chi connectivity index (χ0n) is 8.37. The molecule has 4 nitrogen and oxygen atoms in total. The molecule has 2 fully saturated rings. The molecule has 0 bridgehead atoms. The summed E-state index contributed by atoms with van der Waals surface area (Å²) in [7, 11) is 0. The van der Waals surface area contributed by atoms with Crippen molar-refractivity contribution in [2.75, 3.05) is 6.54 Å². The standard InChI is InChI=1S/C10H18N2O2/c11-9-10(4-2-1-3-5-10)6-8(13)7-12(9)14/h8,11,13-14H,1-7H2. The van der Waals surface area contributed by atoms with Crippen LogP contribution in [0.15, 0.2) is 0 Å². The molecule has 1 saturated carbocycles. The number of nitrogens with zero attached hydrogens (tertiary/aromatic N) is 1. The van der Waals surface area contributed by atoms with E-state index in [1.54, 1.807) is 0 Å². The normalized spacial score (nSPS) is 32.3. The van der Waals surface area contributed by atoms with Gasteiger partial charge in [-0.1, -0.05) is 19.3 Å². The number of hydroxylamine groups is 2. The van der Waals surface area contributed by atoms with Crippen LogP contribution in [-0.2, 0) is 0 Å². The summed E-state index contributed by atoms with van der Waals surface area (Å²) in [6.07, 6.45) is 5.51. The molecule has 1 aliphatic carbocycles. The fourth-order valence-corrected chi connectivity index (χ4v) is 2.85. The summed E-state index contributed by atoms with van der Waals surface area (Å²) >= 11 is 0. The molecule has 2 rings (SSSR count). The van der Waals surface area contributed by atoms with Gasteiger partial charge in [-0.25, -0.2) is 5.06 Å². The van der Waals surface area contributed by atoms with E-state index >= 15 is 0 Å². The van der Waals surface area contributed by atoms with Crippen LogP contribution in [0.5, 0.6) is 0 Å². The molecule has 2 aliphatic rings. The molecule has 0 aromatic carbocycles. The highest BCUT2D eigenvalue weighted by Crippen LogP contribution is 2.43. The first-order valence-electron chi connectivity index (χ1n) is 5.38. The molecule has 14 heavy (non-hydrogen) atoms. The first-order chi connectivity index (χ1) is 6.64. The Morgan fingerprint density at radius 3 is 2.57 bits per heavy atom. The predicted octanol–water partition coefficient (Wildman–Crippen LogP) is 1.37. The zero-order chi connectivity index (χ0) is 10.2. The average Bonchev–Trinajstić information content (AvgIpc) is 2.15. The first-order valence-corrected chi connectivity index (χ1v) is 5.38. The summed E-state index contributed by atoms with van der Waals surface area (Å²) in [5.41, 5.74) is -0.231. The van der Waals surface area contributed by atoms with Crippen LogP contribution in [-0.4, -0.2) is 33.9 Å². The zero-order valence-corrected chi connectivity index (χ0v) is 8.37. The van der Waals surface area contributed by atoms with Gasteiger partial charge in [-0.05, 0) is 19.3 Å². The van der Waals surface area contributed by atoms with E-state index in [1.165, 1.54) is 6.42 Å². The number of β-amino-alcohol motifs (C(OH)–C–C–N with tert-alkyl or cyclic N) is 1. The molecule has 1 heterocycles. The van der Waals surface area contributed by atoms with Crippen molar-refractivity contribution in [3.05, 3.63) is 0 Å². The smallest absolute Gasteiger partial charge is 0.127 e. The molecule has 1 spiro atoms. The molecule has 4 heteroatoms. The van der Waals surface area contributed by atoms with Crippen LogP contribution < -0.4 is 0 Å². The van der Waals surface area contributed by atoms with Gasteiger partial charge in [0.2, 0.25) is 0 Å². The van der Waals surface area contributed by atoms with E-state index < -0.39 is 6.10 Å². The molecule has 0 radical (unpaired) electrons. The lowest BCUT2D eigenvalue weighted by molar-refractivity contribution is -0.0881. The van der Waals surface area contributed by atoms with Crippen LogP contribution in [0.25, 0.3) is 0 Å². The number of piperidine rings is 1. The Bertz CT molecular complexity index is 236. The van der Waals surface area contributed by atoms with Crippen molar-refractivity contribution in [1.29, 1.82) is 5.41 Å². The highest BCUT2D eigenvalue weighted by atomic mass is 16.5. The van der Waals surface area contributed by atoms with Crippen molar-refractivity contribution < 1.29 is 10.3 Å². The van der Waals surface area contributed by atoms with Gasteiger partial charge < -0.3 is 5.11 Å². The molecule has 0 amide bonds. The molecule has 0 aromatic rings. The largest absolute Gasteiger partial charge is 0.391 e. The Kier molecular flexibility index (Phi) is 2.49. The summed E-state index contributed by atoms with van der Waals surface area (Å²) in [6, 6.07) is 0. The van der Waals surface area contributed by atoms with Crippen molar-refractivity contribution in [1.82, 2.24) is 5.06 Å². The van der Waals surface area contributed by atoms with Crippen LogP contribution in [0.2, 0.25) is 0 Å². The monoisotopic (exact) mass is 198 g/mol. The van der Waals surface area contributed by atoms with Crippen molar-refractivity contribution in [2.45, 2.75) is 44.6 Å². The maximum atomic E-state index is 9.62. The number of hydrogen-bond acceptors (Lipinski definition) is 3. The van der Waals surface area contributed by atoms with Crippen molar-refractivity contribution in [3.8, 4) is 0 Å². The third-order valence-electron chi connectivity index (χ3n) is 3.58. The van der Waals surface area contributed by atoms with E-state index in [2.05, 4.69) is 0 Å². The molecular weight excluding hydrogens is 180 g/mol. The lowest BCUT2D eigenvalue weighted by Crippen LogP contribution is -2.53. The molecule has 3 N–H and O–H groups in total. The Labute approximate surface area is 84.0 Å². The van der Waals surface area contributed by atoms with Gasteiger partial charge in [-0.2, -0.15) is 0 Å². The average molecular weight is 198 g/mol. The number of nitrogens with one attached hydrogen (secondary N) is 1. The number of aliphatic hydroxyl groups excluding tert-OH is 1. The van der Waals surface area contributed by atoms with Gasteiger partial charge in [0.15, 0.2) is 0 Å². The first kappa shape index (κ1) is 9.93. The Morgan fingerprint density at radius 1 is 1.29 bits per heavy atom. The highest BCUT2D eigenvalue weighted by Gasteiger charge is 2.44. The third kappa shape index (κ3) is 1.53. The van der Waals surface area contributed by atoms with Crippen LogP contribution in [0, 0.1) is 10.8 Å². The second-order valence-electron chi connectivity index (χ2n) is 4.63. The van der Waals surface area contributed by atoms with E-state index in [4.69, 9.17) is 5.41 Å². The van der Waals surface area contributed by atoms with E-state index in [0.29, 0.717) is 12.3 Å². The summed E-state index contributed by atoms with van der Waals surface area (Å²) in [5.74, 6) is 0.322. The van der Waals surface area contributed by atoms with Crippen LogP contribution >= 0.6 is 0 Å². The summed E-state index contributed by atoms with van der Waals surface area (Å²) < 4.78 is 0. The van der Waals surface area contributed by atoms with Crippen LogP contribution in [0.4, 0.5) is 0 Å². The number of rotatable bonds is 0. The fourth-order valence-electron chi connectivity index (χ4n) is 2.85. The topological polar surface area (TPSA) is 67.6 Å². The van der Waals surface area contributed by atoms with Crippen molar-refractivity contribution in [3.63, 3.8) is 0 Å². The van der Waals surface area contributed by atoms with E-state index in [9.17, 15) is 10.3 Å².